The molecule has 7 nitrogen and oxygen atoms in total. The van der Waals surface area contributed by atoms with Crippen LogP contribution in [0.5, 0.6) is 0 Å². The van der Waals surface area contributed by atoms with Gasteiger partial charge in [0.15, 0.2) is 0 Å². The minimum absolute atomic E-state index is 0.0420. The minimum atomic E-state index is 0.0420. The first-order chi connectivity index (χ1) is 10.6. The van der Waals surface area contributed by atoms with Gasteiger partial charge < -0.3 is 9.80 Å². The van der Waals surface area contributed by atoms with Crippen LogP contribution in [0.25, 0.3) is 0 Å². The summed E-state index contributed by atoms with van der Waals surface area (Å²) in [6.45, 7) is 3.61. The summed E-state index contributed by atoms with van der Waals surface area (Å²) in [5.74, 6) is 0.993. The fourth-order valence-corrected chi connectivity index (χ4v) is 3.40. The molecule has 0 aromatic carbocycles. The highest BCUT2D eigenvalue weighted by molar-refractivity contribution is 5.93. The summed E-state index contributed by atoms with van der Waals surface area (Å²) in [5.41, 5.74) is 1.49. The maximum Gasteiger partial charge on any atom is 0.274 e. The standard InChI is InChI=1S/C15H18N6O/c1-10-5-14(17-9-16-10)20-7-11-6-12(8-20)21(11)15(22)13-3-4-19(2)18-13/h3-5,9,11-12H,6-8H2,1-2H3. The number of carbonyl (C=O) groups excluding carboxylic acids is 1. The van der Waals surface area contributed by atoms with Crippen molar-refractivity contribution in [3.8, 4) is 0 Å². The fraction of sp³-hybridized carbons (Fsp3) is 0.467. The SMILES string of the molecule is Cc1cc(N2CC3CC(C2)N3C(=O)c2ccn(C)n2)ncn1. The monoisotopic (exact) mass is 298 g/mol. The summed E-state index contributed by atoms with van der Waals surface area (Å²) in [7, 11) is 1.83. The molecule has 3 fully saturated rings. The third-order valence-electron chi connectivity index (χ3n) is 4.47. The Morgan fingerprint density at radius 1 is 1.27 bits per heavy atom. The van der Waals surface area contributed by atoms with Crippen LogP contribution in [0.2, 0.25) is 0 Å². The van der Waals surface area contributed by atoms with Gasteiger partial charge in [0.25, 0.3) is 5.91 Å². The van der Waals surface area contributed by atoms with E-state index in [1.807, 2.05) is 24.9 Å². The third kappa shape index (κ3) is 2.04. The maximum absolute atomic E-state index is 12.6. The minimum Gasteiger partial charge on any atom is -0.352 e. The molecule has 5 heterocycles. The van der Waals surface area contributed by atoms with Crippen LogP contribution < -0.4 is 4.90 Å². The molecule has 0 aliphatic carbocycles. The largest absolute Gasteiger partial charge is 0.352 e. The van der Waals surface area contributed by atoms with Gasteiger partial charge in [0.05, 0.1) is 12.1 Å². The molecule has 1 amide bonds. The van der Waals surface area contributed by atoms with Crippen molar-refractivity contribution in [3.05, 3.63) is 36.0 Å². The van der Waals surface area contributed by atoms with Gasteiger partial charge in [-0.3, -0.25) is 9.48 Å². The molecule has 7 heteroatoms. The number of piperazine rings is 1. The zero-order chi connectivity index (χ0) is 15.3. The highest BCUT2D eigenvalue weighted by Crippen LogP contribution is 2.35. The smallest absolute Gasteiger partial charge is 0.274 e. The van der Waals surface area contributed by atoms with Crippen LogP contribution >= 0.6 is 0 Å². The summed E-state index contributed by atoms with van der Waals surface area (Å²) >= 11 is 0. The number of nitrogens with zero attached hydrogens (tertiary/aromatic N) is 6. The number of rotatable bonds is 2. The number of hydrogen-bond donors (Lipinski definition) is 0. The van der Waals surface area contributed by atoms with Gasteiger partial charge in [-0.05, 0) is 19.4 Å². The lowest BCUT2D eigenvalue weighted by Gasteiger charge is -2.56. The molecule has 0 N–H and O–H groups in total. The predicted molar refractivity (Wildman–Crippen MR) is 80.6 cm³/mol. The van der Waals surface area contributed by atoms with Crippen molar-refractivity contribution in [2.75, 3.05) is 18.0 Å². The Morgan fingerprint density at radius 3 is 2.68 bits per heavy atom. The molecule has 2 aromatic heterocycles. The van der Waals surface area contributed by atoms with Crippen LogP contribution in [0.15, 0.2) is 24.7 Å². The molecule has 3 aliphatic rings. The van der Waals surface area contributed by atoms with Crippen molar-refractivity contribution in [2.45, 2.75) is 25.4 Å². The highest BCUT2D eigenvalue weighted by atomic mass is 16.2. The maximum atomic E-state index is 12.6. The molecular weight excluding hydrogens is 280 g/mol. The summed E-state index contributed by atoms with van der Waals surface area (Å²) in [6, 6.07) is 4.28. The van der Waals surface area contributed by atoms with Gasteiger partial charge in [-0.25, -0.2) is 9.97 Å². The molecule has 22 heavy (non-hydrogen) atoms. The van der Waals surface area contributed by atoms with E-state index in [1.54, 1.807) is 23.3 Å². The Balaban J connectivity index is 1.50. The Labute approximate surface area is 128 Å². The Bertz CT molecular complexity index is 714. The first-order valence-electron chi connectivity index (χ1n) is 7.48. The molecule has 114 valence electrons. The van der Waals surface area contributed by atoms with Crippen molar-refractivity contribution < 1.29 is 4.79 Å². The lowest BCUT2D eigenvalue weighted by atomic mass is 9.87. The number of piperidine rings is 1. The van der Waals surface area contributed by atoms with Gasteiger partial charge in [-0.15, -0.1) is 0 Å². The second-order valence-corrected chi connectivity index (χ2v) is 6.05. The molecular formula is C15H18N6O. The Morgan fingerprint density at radius 2 is 2.05 bits per heavy atom. The van der Waals surface area contributed by atoms with Gasteiger partial charge in [-0.1, -0.05) is 0 Å². The van der Waals surface area contributed by atoms with Crippen LogP contribution in [0.4, 0.5) is 5.82 Å². The summed E-state index contributed by atoms with van der Waals surface area (Å²) < 4.78 is 1.67. The van der Waals surface area contributed by atoms with Crippen molar-refractivity contribution in [3.63, 3.8) is 0 Å². The second-order valence-electron chi connectivity index (χ2n) is 6.05. The van der Waals surface area contributed by atoms with E-state index in [-0.39, 0.29) is 18.0 Å². The lowest BCUT2D eigenvalue weighted by molar-refractivity contribution is 0.00517. The van der Waals surface area contributed by atoms with Crippen LogP contribution in [-0.2, 0) is 7.05 Å². The molecule has 0 saturated carbocycles. The molecule has 2 aromatic rings. The van der Waals surface area contributed by atoms with Crippen molar-refractivity contribution in [2.24, 2.45) is 7.05 Å². The Kier molecular flexibility index (Phi) is 2.88. The van der Waals surface area contributed by atoms with Gasteiger partial charge in [0, 0.05) is 38.1 Å². The molecule has 2 atom stereocenters. The molecule has 2 unspecified atom stereocenters. The normalized spacial score (nSPS) is 23.4. The Hall–Kier alpha value is -2.44. The predicted octanol–water partition coefficient (Wildman–Crippen LogP) is 0.622. The van der Waals surface area contributed by atoms with Gasteiger partial charge in [0.2, 0.25) is 0 Å². The zero-order valence-corrected chi connectivity index (χ0v) is 12.7. The topological polar surface area (TPSA) is 67.2 Å². The van der Waals surface area contributed by atoms with Crippen molar-refractivity contribution in [1.82, 2.24) is 24.6 Å². The van der Waals surface area contributed by atoms with E-state index < -0.39 is 0 Å². The van der Waals surface area contributed by atoms with E-state index in [1.165, 1.54) is 0 Å². The molecule has 0 spiro atoms. The van der Waals surface area contributed by atoms with Crippen LogP contribution in [0.1, 0.15) is 22.6 Å². The molecule has 2 bridgehead atoms. The molecule has 3 saturated heterocycles. The summed E-state index contributed by atoms with van der Waals surface area (Å²) in [5, 5.41) is 4.22. The molecule has 5 rings (SSSR count). The van der Waals surface area contributed by atoms with Crippen molar-refractivity contribution >= 4 is 11.7 Å². The fourth-order valence-electron chi connectivity index (χ4n) is 3.40. The number of fused-ring (bicyclic) bond motifs is 2. The van der Waals surface area contributed by atoms with E-state index in [9.17, 15) is 4.79 Å². The highest BCUT2D eigenvalue weighted by Gasteiger charge is 2.48. The zero-order valence-electron chi connectivity index (χ0n) is 12.7. The van der Waals surface area contributed by atoms with E-state index in [0.29, 0.717) is 5.69 Å². The van der Waals surface area contributed by atoms with E-state index in [2.05, 4.69) is 20.0 Å². The average molecular weight is 298 g/mol. The van der Waals surface area contributed by atoms with Gasteiger partial charge in [-0.2, -0.15) is 5.10 Å². The quantitative estimate of drug-likeness (QED) is 0.813. The number of carbonyl (C=O) groups is 1. The van der Waals surface area contributed by atoms with E-state index in [4.69, 9.17) is 0 Å². The van der Waals surface area contributed by atoms with Gasteiger partial charge in [0.1, 0.15) is 17.8 Å². The van der Waals surface area contributed by atoms with E-state index >= 15 is 0 Å². The number of anilines is 1. The summed E-state index contributed by atoms with van der Waals surface area (Å²) in [4.78, 5) is 25.3. The number of aromatic nitrogens is 4. The number of hydrogen-bond acceptors (Lipinski definition) is 5. The lowest BCUT2D eigenvalue weighted by Crippen LogP contribution is -2.70. The third-order valence-corrected chi connectivity index (χ3v) is 4.47. The van der Waals surface area contributed by atoms with E-state index in [0.717, 1.165) is 31.0 Å². The number of amides is 1. The molecule has 3 aliphatic heterocycles. The first-order valence-corrected chi connectivity index (χ1v) is 7.48. The second kappa shape index (κ2) is 4.79. The van der Waals surface area contributed by atoms with Crippen LogP contribution in [-0.4, -0.2) is 55.7 Å². The number of aryl methyl sites for hydroxylation is 2. The van der Waals surface area contributed by atoms with Gasteiger partial charge >= 0.3 is 0 Å². The van der Waals surface area contributed by atoms with Crippen LogP contribution in [0, 0.1) is 6.92 Å². The molecule has 0 radical (unpaired) electrons. The average Bonchev–Trinajstić information content (AvgIpc) is 2.94. The van der Waals surface area contributed by atoms with Crippen LogP contribution in [0.3, 0.4) is 0 Å². The first kappa shape index (κ1) is 13.2. The van der Waals surface area contributed by atoms with Crippen molar-refractivity contribution in [1.29, 1.82) is 0 Å². The summed E-state index contributed by atoms with van der Waals surface area (Å²) in [6.07, 6.45) is 4.47.